The number of carbonyl (C=O) groups excluding carboxylic acids is 2. The number of nitrogens with one attached hydrogen (secondary N) is 2. The van der Waals surface area contributed by atoms with E-state index in [-0.39, 0.29) is 40.9 Å². The molecule has 218 valence electrons. The third-order valence-electron chi connectivity index (χ3n) is 6.87. The van der Waals surface area contributed by atoms with E-state index in [4.69, 9.17) is 32.7 Å². The van der Waals surface area contributed by atoms with Crippen molar-refractivity contribution in [1.29, 1.82) is 0 Å². The lowest BCUT2D eigenvalue weighted by molar-refractivity contribution is -0.153. The molecule has 1 heterocycles. The van der Waals surface area contributed by atoms with Gasteiger partial charge in [-0.3, -0.25) is 14.4 Å². The zero-order valence-corrected chi connectivity index (χ0v) is 23.1. The molecule has 0 radical (unpaired) electrons. The molecule has 0 aliphatic heterocycles. The first-order valence-corrected chi connectivity index (χ1v) is 13.6. The van der Waals surface area contributed by atoms with Crippen molar-refractivity contribution in [2.24, 2.45) is 5.92 Å². The van der Waals surface area contributed by atoms with E-state index in [2.05, 4.69) is 15.6 Å². The van der Waals surface area contributed by atoms with Gasteiger partial charge in [0.1, 0.15) is 0 Å². The number of anilines is 1. The van der Waals surface area contributed by atoms with Gasteiger partial charge in [0, 0.05) is 30.1 Å². The van der Waals surface area contributed by atoms with Crippen molar-refractivity contribution in [1.82, 2.24) is 10.3 Å². The average molecular weight is 612 g/mol. The Labute approximate surface area is 243 Å². The molecule has 3 N–H and O–H groups in total. The molecule has 0 saturated heterocycles. The summed E-state index contributed by atoms with van der Waals surface area (Å²) in [5.41, 5.74) is 0.635. The summed E-state index contributed by atoms with van der Waals surface area (Å²) in [6.45, 7) is -0.250. The lowest BCUT2D eigenvalue weighted by Gasteiger charge is -2.28. The van der Waals surface area contributed by atoms with E-state index in [9.17, 15) is 27.6 Å². The van der Waals surface area contributed by atoms with Crippen LogP contribution in [-0.4, -0.2) is 34.4 Å². The summed E-state index contributed by atoms with van der Waals surface area (Å²) >= 11 is 11.9. The van der Waals surface area contributed by atoms with Crippen LogP contribution in [0.3, 0.4) is 0 Å². The van der Waals surface area contributed by atoms with Crippen molar-refractivity contribution < 1.29 is 37.1 Å². The quantitative estimate of drug-likeness (QED) is 0.236. The minimum Gasteiger partial charge on any atom is -0.481 e. The molecule has 1 fully saturated rings. The Balaban J connectivity index is 1.31. The van der Waals surface area contributed by atoms with Gasteiger partial charge in [0.05, 0.1) is 10.6 Å². The number of benzene rings is 2. The second kappa shape index (κ2) is 12.9. The van der Waals surface area contributed by atoms with Crippen LogP contribution in [0.25, 0.3) is 11.5 Å². The Bertz CT molecular complexity index is 1420. The normalized spacial score (nSPS) is 17.2. The van der Waals surface area contributed by atoms with Gasteiger partial charge >= 0.3 is 12.1 Å². The van der Waals surface area contributed by atoms with E-state index in [0.29, 0.717) is 11.6 Å². The third-order valence-corrected chi connectivity index (χ3v) is 7.44. The minimum absolute atomic E-state index is 0.0139. The Hall–Kier alpha value is -3.57. The summed E-state index contributed by atoms with van der Waals surface area (Å²) in [6, 6.07) is 11.4. The number of aliphatic carboxylic acids is 1. The van der Waals surface area contributed by atoms with Crippen LogP contribution < -0.4 is 10.6 Å². The smallest absolute Gasteiger partial charge is 0.452 e. The van der Waals surface area contributed by atoms with Crippen molar-refractivity contribution in [3.05, 3.63) is 69.5 Å². The summed E-state index contributed by atoms with van der Waals surface area (Å²) in [5, 5.41) is 14.1. The Morgan fingerprint density at radius 3 is 2.34 bits per heavy atom. The summed E-state index contributed by atoms with van der Waals surface area (Å²) in [6.07, 6.45) is -1.50. The highest BCUT2D eigenvalue weighted by Gasteiger charge is 2.42. The topological polar surface area (TPSA) is 122 Å². The van der Waals surface area contributed by atoms with Gasteiger partial charge in [-0.25, -0.2) is 4.98 Å². The maximum absolute atomic E-state index is 13.6. The monoisotopic (exact) mass is 611 g/mol. The fourth-order valence-corrected chi connectivity index (χ4v) is 5.20. The van der Waals surface area contributed by atoms with Crippen molar-refractivity contribution in [3.63, 3.8) is 0 Å². The van der Waals surface area contributed by atoms with Gasteiger partial charge in [0.15, 0.2) is 5.69 Å². The lowest BCUT2D eigenvalue weighted by Crippen LogP contribution is -2.29. The number of nitrogens with zero attached hydrogens (tertiary/aromatic N) is 1. The number of rotatable bonds is 9. The number of hydrogen-bond acceptors (Lipinski definition) is 5. The van der Waals surface area contributed by atoms with E-state index in [1.165, 1.54) is 18.2 Å². The molecule has 1 saturated carbocycles. The van der Waals surface area contributed by atoms with Gasteiger partial charge in [-0.15, -0.1) is 0 Å². The van der Waals surface area contributed by atoms with Gasteiger partial charge in [-0.05, 0) is 73.4 Å². The SMILES string of the molecule is O=C(O)C[C@H]1CC[C@H](c2ccc(NC(=O)CCNC(=O)c3nc(-c4cc(Cl)ccc4Cl)oc3C(F)(F)F)cc2)CC1. The fourth-order valence-electron chi connectivity index (χ4n) is 4.82. The second-order valence-electron chi connectivity index (χ2n) is 9.81. The number of amides is 2. The van der Waals surface area contributed by atoms with Crippen LogP contribution in [0, 0.1) is 5.92 Å². The van der Waals surface area contributed by atoms with Crippen LogP contribution in [0.15, 0.2) is 46.9 Å². The standard InChI is InChI=1S/C28H26Cl2F3N3O5/c29-18-7-10-21(30)20(14-18)27-36-24(25(41-27)28(31,32)33)26(40)34-12-11-22(37)35-19-8-5-17(6-9-19)16-3-1-15(2-4-16)13-23(38)39/h5-10,14-16H,1-4,11-13H2,(H,34,40)(H,35,37)(H,38,39)/t15-,16-. The van der Waals surface area contributed by atoms with Gasteiger partial charge in [-0.2, -0.15) is 13.2 Å². The number of hydrogen-bond donors (Lipinski definition) is 3. The maximum atomic E-state index is 13.6. The van der Waals surface area contributed by atoms with E-state index in [1.54, 1.807) is 12.1 Å². The summed E-state index contributed by atoms with van der Waals surface area (Å²) in [4.78, 5) is 39.6. The third kappa shape index (κ3) is 8.01. The molecule has 1 aromatic heterocycles. The summed E-state index contributed by atoms with van der Waals surface area (Å²) in [7, 11) is 0. The highest BCUT2D eigenvalue weighted by molar-refractivity contribution is 6.35. The number of halogens is 5. The highest BCUT2D eigenvalue weighted by Crippen LogP contribution is 2.39. The average Bonchev–Trinajstić information content (AvgIpc) is 3.37. The molecule has 41 heavy (non-hydrogen) atoms. The Morgan fingerprint density at radius 2 is 1.71 bits per heavy atom. The molecule has 4 rings (SSSR count). The van der Waals surface area contributed by atoms with Crippen LogP contribution in [-0.2, 0) is 15.8 Å². The summed E-state index contributed by atoms with van der Waals surface area (Å²) < 4.78 is 45.5. The van der Waals surface area contributed by atoms with Crippen molar-refractivity contribution in [2.75, 3.05) is 11.9 Å². The van der Waals surface area contributed by atoms with Crippen LogP contribution in [0.1, 0.15) is 66.3 Å². The van der Waals surface area contributed by atoms with Gasteiger partial charge in [0.2, 0.25) is 17.6 Å². The maximum Gasteiger partial charge on any atom is 0.452 e. The number of carboxylic acid groups (broad SMARTS) is 1. The molecular formula is C28H26Cl2F3N3O5. The van der Waals surface area contributed by atoms with Crippen LogP contribution >= 0.6 is 23.2 Å². The summed E-state index contributed by atoms with van der Waals surface area (Å²) in [5.74, 6) is -3.98. The molecule has 0 spiro atoms. The molecule has 13 heteroatoms. The molecule has 1 aliphatic carbocycles. The van der Waals surface area contributed by atoms with E-state index >= 15 is 0 Å². The Morgan fingerprint density at radius 1 is 1.02 bits per heavy atom. The number of aromatic nitrogens is 1. The van der Waals surface area contributed by atoms with Crippen molar-refractivity contribution in [3.8, 4) is 11.5 Å². The van der Waals surface area contributed by atoms with E-state index < -0.39 is 41.3 Å². The van der Waals surface area contributed by atoms with Crippen LogP contribution in [0.5, 0.6) is 0 Å². The van der Waals surface area contributed by atoms with Crippen molar-refractivity contribution >= 4 is 46.7 Å². The molecule has 2 amide bonds. The van der Waals surface area contributed by atoms with Crippen LogP contribution in [0.2, 0.25) is 10.0 Å². The highest BCUT2D eigenvalue weighted by atomic mass is 35.5. The molecule has 2 aromatic carbocycles. The molecule has 0 bridgehead atoms. The van der Waals surface area contributed by atoms with Crippen LogP contribution in [0.4, 0.5) is 18.9 Å². The molecular weight excluding hydrogens is 586 g/mol. The largest absolute Gasteiger partial charge is 0.481 e. The predicted molar refractivity (Wildman–Crippen MR) is 146 cm³/mol. The lowest BCUT2D eigenvalue weighted by atomic mass is 9.77. The Kier molecular flexibility index (Phi) is 9.60. The van der Waals surface area contributed by atoms with E-state index in [1.807, 2.05) is 12.1 Å². The molecule has 0 unspecified atom stereocenters. The van der Waals surface area contributed by atoms with Gasteiger partial charge < -0.3 is 20.2 Å². The molecule has 3 aromatic rings. The number of alkyl halides is 3. The number of carboxylic acids is 1. The van der Waals surface area contributed by atoms with Crippen molar-refractivity contribution in [2.45, 2.75) is 50.6 Å². The predicted octanol–water partition coefficient (Wildman–Crippen LogP) is 7.17. The first-order chi connectivity index (χ1) is 19.4. The fraction of sp³-hybridized carbons (Fsp3) is 0.357. The zero-order chi connectivity index (χ0) is 29.7. The van der Waals surface area contributed by atoms with E-state index in [0.717, 1.165) is 31.2 Å². The molecule has 1 aliphatic rings. The van der Waals surface area contributed by atoms with Gasteiger partial charge in [-0.1, -0.05) is 35.3 Å². The molecule has 8 nitrogen and oxygen atoms in total. The number of carbonyl (C=O) groups is 3. The first kappa shape index (κ1) is 30.4. The van der Waals surface area contributed by atoms with Gasteiger partial charge in [0.25, 0.3) is 5.91 Å². The molecule has 0 atom stereocenters. The second-order valence-corrected chi connectivity index (χ2v) is 10.7. The number of oxazole rings is 1. The zero-order valence-electron chi connectivity index (χ0n) is 21.6. The minimum atomic E-state index is -5.01. The first-order valence-electron chi connectivity index (χ1n) is 12.8.